The summed E-state index contributed by atoms with van der Waals surface area (Å²) in [6, 6.07) is -0.573. The van der Waals surface area contributed by atoms with Crippen molar-refractivity contribution in [1.82, 2.24) is 14.9 Å². The molecule has 2 heterocycles. The Morgan fingerprint density at radius 3 is 2.59 bits per heavy atom. The summed E-state index contributed by atoms with van der Waals surface area (Å²) in [6.45, 7) is 0. The Morgan fingerprint density at radius 2 is 2.06 bits per heavy atom. The van der Waals surface area contributed by atoms with Crippen LogP contribution < -0.4 is 5.32 Å². The van der Waals surface area contributed by atoms with Gasteiger partial charge in [-0.2, -0.15) is 24.5 Å². The molecule has 17 heavy (non-hydrogen) atoms. The summed E-state index contributed by atoms with van der Waals surface area (Å²) in [6.07, 6.45) is -4.34. The number of hydrogen-bond donors (Lipinski definition) is 1. The standard InChI is InChI=1S/C9H8F3N3S2/c1-13-8(7-4-17-15-14-7)5-2-16-3-6(5)9(10,11)12/h2-4,8,13H,1H3. The summed E-state index contributed by atoms with van der Waals surface area (Å²) in [4.78, 5) is 0. The smallest absolute Gasteiger partial charge is 0.308 e. The van der Waals surface area contributed by atoms with E-state index in [1.807, 2.05) is 0 Å². The molecule has 1 N–H and O–H groups in total. The van der Waals surface area contributed by atoms with E-state index in [2.05, 4.69) is 14.9 Å². The molecule has 0 aliphatic heterocycles. The van der Waals surface area contributed by atoms with E-state index in [-0.39, 0.29) is 5.56 Å². The van der Waals surface area contributed by atoms with Crippen LogP contribution in [0.4, 0.5) is 13.2 Å². The maximum Gasteiger partial charge on any atom is 0.417 e. The third kappa shape index (κ3) is 2.48. The van der Waals surface area contributed by atoms with Gasteiger partial charge < -0.3 is 5.32 Å². The first-order valence-corrected chi connectivity index (χ1v) is 6.39. The van der Waals surface area contributed by atoms with E-state index in [1.165, 1.54) is 5.38 Å². The average Bonchev–Trinajstić information content (AvgIpc) is 2.87. The molecule has 92 valence electrons. The molecule has 0 radical (unpaired) electrons. The van der Waals surface area contributed by atoms with Gasteiger partial charge in [0.05, 0.1) is 17.3 Å². The summed E-state index contributed by atoms with van der Waals surface area (Å²) in [5, 5.41) is 10.9. The van der Waals surface area contributed by atoms with Gasteiger partial charge in [0.25, 0.3) is 0 Å². The van der Waals surface area contributed by atoms with Gasteiger partial charge in [0, 0.05) is 10.8 Å². The Morgan fingerprint density at radius 1 is 1.29 bits per heavy atom. The minimum absolute atomic E-state index is 0.192. The monoisotopic (exact) mass is 279 g/mol. The molecule has 1 unspecified atom stereocenters. The summed E-state index contributed by atoms with van der Waals surface area (Å²) >= 11 is 2.14. The normalized spacial score (nSPS) is 13.9. The molecule has 2 rings (SSSR count). The summed E-state index contributed by atoms with van der Waals surface area (Å²) < 4.78 is 42.0. The number of thiophene rings is 1. The zero-order chi connectivity index (χ0) is 12.5. The SMILES string of the molecule is CNC(c1csnn1)c1cscc1C(F)(F)F. The lowest BCUT2D eigenvalue weighted by molar-refractivity contribution is -0.138. The van der Waals surface area contributed by atoms with Crippen molar-refractivity contribution in [3.05, 3.63) is 33.0 Å². The van der Waals surface area contributed by atoms with Gasteiger partial charge in [-0.3, -0.25) is 0 Å². The van der Waals surface area contributed by atoms with Crippen molar-refractivity contribution in [2.75, 3.05) is 7.05 Å². The Labute approximate surface area is 103 Å². The highest BCUT2D eigenvalue weighted by molar-refractivity contribution is 7.08. The largest absolute Gasteiger partial charge is 0.417 e. The van der Waals surface area contributed by atoms with Crippen molar-refractivity contribution >= 4 is 22.9 Å². The lowest BCUT2D eigenvalue weighted by Gasteiger charge is -2.15. The lowest BCUT2D eigenvalue weighted by Crippen LogP contribution is -2.21. The van der Waals surface area contributed by atoms with Gasteiger partial charge in [-0.1, -0.05) is 4.49 Å². The zero-order valence-electron chi connectivity index (χ0n) is 8.65. The Hall–Kier alpha value is -0.990. The zero-order valence-corrected chi connectivity index (χ0v) is 10.3. The number of aromatic nitrogens is 2. The maximum atomic E-state index is 12.8. The van der Waals surface area contributed by atoms with Crippen LogP contribution >= 0.6 is 22.9 Å². The van der Waals surface area contributed by atoms with Gasteiger partial charge >= 0.3 is 6.18 Å². The molecule has 0 aromatic carbocycles. The van der Waals surface area contributed by atoms with E-state index in [9.17, 15) is 13.2 Å². The van der Waals surface area contributed by atoms with Crippen LogP contribution in [-0.2, 0) is 6.18 Å². The second-order valence-electron chi connectivity index (χ2n) is 3.29. The first-order chi connectivity index (χ1) is 8.04. The molecule has 0 saturated heterocycles. The van der Waals surface area contributed by atoms with Gasteiger partial charge in [0.1, 0.15) is 0 Å². The summed E-state index contributed by atoms with van der Waals surface area (Å²) in [5.41, 5.74) is 0.0777. The van der Waals surface area contributed by atoms with E-state index in [1.54, 1.807) is 12.4 Å². The van der Waals surface area contributed by atoms with Crippen molar-refractivity contribution in [2.24, 2.45) is 0 Å². The van der Waals surface area contributed by atoms with E-state index in [4.69, 9.17) is 0 Å². The van der Waals surface area contributed by atoms with Crippen LogP contribution in [0.15, 0.2) is 16.1 Å². The van der Waals surface area contributed by atoms with Crippen molar-refractivity contribution in [3.8, 4) is 0 Å². The molecule has 3 nitrogen and oxygen atoms in total. The molecule has 0 spiro atoms. The third-order valence-corrected chi connectivity index (χ3v) is 3.55. The molecular formula is C9H8F3N3S2. The van der Waals surface area contributed by atoms with E-state index >= 15 is 0 Å². The Bertz CT molecular complexity index is 478. The highest BCUT2D eigenvalue weighted by atomic mass is 32.1. The minimum Gasteiger partial charge on any atom is -0.308 e. The molecule has 0 amide bonds. The predicted molar refractivity (Wildman–Crippen MR) is 60.1 cm³/mol. The van der Waals surface area contributed by atoms with Gasteiger partial charge in [0.15, 0.2) is 0 Å². The molecule has 8 heteroatoms. The number of halogens is 3. The van der Waals surface area contributed by atoms with Gasteiger partial charge in [-0.15, -0.1) is 5.10 Å². The van der Waals surface area contributed by atoms with Crippen LogP contribution in [-0.4, -0.2) is 16.6 Å². The number of nitrogens with zero attached hydrogens (tertiary/aromatic N) is 2. The molecule has 0 bridgehead atoms. The van der Waals surface area contributed by atoms with Crippen molar-refractivity contribution in [3.63, 3.8) is 0 Å². The van der Waals surface area contributed by atoms with E-state index < -0.39 is 17.8 Å². The summed E-state index contributed by atoms with van der Waals surface area (Å²) in [7, 11) is 1.60. The summed E-state index contributed by atoms with van der Waals surface area (Å²) in [5.74, 6) is 0. The fourth-order valence-corrected chi connectivity index (χ4v) is 2.88. The molecular weight excluding hydrogens is 271 g/mol. The van der Waals surface area contributed by atoms with Crippen molar-refractivity contribution in [2.45, 2.75) is 12.2 Å². The average molecular weight is 279 g/mol. The Kier molecular flexibility index (Phi) is 3.45. The number of hydrogen-bond acceptors (Lipinski definition) is 5. The minimum atomic E-state index is -4.34. The van der Waals surface area contributed by atoms with Crippen LogP contribution in [0.1, 0.15) is 22.9 Å². The molecule has 2 aromatic rings. The van der Waals surface area contributed by atoms with Crippen LogP contribution in [0.3, 0.4) is 0 Å². The maximum absolute atomic E-state index is 12.8. The third-order valence-electron chi connectivity index (χ3n) is 2.27. The second-order valence-corrected chi connectivity index (χ2v) is 4.64. The van der Waals surface area contributed by atoms with Crippen molar-refractivity contribution < 1.29 is 13.2 Å². The van der Waals surface area contributed by atoms with Gasteiger partial charge in [0.2, 0.25) is 0 Å². The topological polar surface area (TPSA) is 37.8 Å². The molecule has 1 atom stereocenters. The molecule has 2 aromatic heterocycles. The van der Waals surface area contributed by atoms with Crippen LogP contribution in [0.25, 0.3) is 0 Å². The van der Waals surface area contributed by atoms with Crippen molar-refractivity contribution in [1.29, 1.82) is 0 Å². The van der Waals surface area contributed by atoms with E-state index in [0.717, 1.165) is 28.2 Å². The highest BCUT2D eigenvalue weighted by Crippen LogP contribution is 2.38. The molecule has 0 aliphatic carbocycles. The molecule has 0 aliphatic rings. The quantitative estimate of drug-likeness (QED) is 0.938. The van der Waals surface area contributed by atoms with Crippen LogP contribution in [0, 0.1) is 0 Å². The van der Waals surface area contributed by atoms with Gasteiger partial charge in [-0.25, -0.2) is 0 Å². The number of rotatable bonds is 3. The highest BCUT2D eigenvalue weighted by Gasteiger charge is 2.36. The first-order valence-electron chi connectivity index (χ1n) is 4.61. The first kappa shape index (κ1) is 12.5. The number of alkyl halides is 3. The van der Waals surface area contributed by atoms with Gasteiger partial charge in [-0.05, 0) is 29.5 Å². The second kappa shape index (κ2) is 4.71. The van der Waals surface area contributed by atoms with Crippen LogP contribution in [0.5, 0.6) is 0 Å². The molecule has 0 saturated carbocycles. The van der Waals surface area contributed by atoms with E-state index in [0.29, 0.717) is 5.69 Å². The fraction of sp³-hybridized carbons (Fsp3) is 0.333. The Balaban J connectivity index is 2.42. The van der Waals surface area contributed by atoms with Crippen LogP contribution in [0.2, 0.25) is 0 Å². The number of nitrogens with one attached hydrogen (secondary N) is 1. The fourth-order valence-electron chi connectivity index (χ4n) is 1.52. The molecule has 0 fully saturated rings. The lowest BCUT2D eigenvalue weighted by atomic mass is 10.0. The predicted octanol–water partition coefficient (Wildman–Crippen LogP) is 2.93.